The molecule has 3 spiro atoms. The number of thiol groups is 2. The molecule has 6 aromatic rings. The lowest BCUT2D eigenvalue weighted by Gasteiger charge is -2.36. The summed E-state index contributed by atoms with van der Waals surface area (Å²) in [7, 11) is -5.74. The van der Waals surface area contributed by atoms with Crippen LogP contribution in [0.2, 0.25) is 0 Å². The number of carbonyl (C=O) groups excluding carboxylic acids is 5. The predicted octanol–water partition coefficient (Wildman–Crippen LogP) is 20.5. The van der Waals surface area contributed by atoms with Crippen LogP contribution in [0.4, 0.5) is 17.1 Å². The Kier molecular flexibility index (Phi) is 30.9. The molecule has 3 fully saturated rings. The molecule has 3 aromatic heterocycles. The van der Waals surface area contributed by atoms with Gasteiger partial charge < -0.3 is 18.6 Å². The highest BCUT2D eigenvalue weighted by Gasteiger charge is 2.51. The van der Waals surface area contributed by atoms with E-state index in [-0.39, 0.29) is 39.9 Å². The molecule has 2 unspecified atom stereocenters. The lowest BCUT2D eigenvalue weighted by Crippen LogP contribution is -2.32. The summed E-state index contributed by atoms with van der Waals surface area (Å²) in [6.07, 6.45) is 29.2. The molecule has 6 aliphatic rings. The molecule has 1 N–H and O–H groups in total. The van der Waals surface area contributed by atoms with Crippen molar-refractivity contribution in [2.75, 3.05) is 24.7 Å². The SMILES string of the molecule is CCCCC(CC)COC(=O)CCS.CCCCC(CC)COC(=O)CCSc1ccc(C2CCC3(CC2)Cc2ccccc2C3=O)cn1.FS.O=C1c2ccccc2CC12CCC(c1ccc(=S)[nH]c1)CC2.O=C1c2ccccc2CC12CCC(c1ccc(OS(=O)(=O)C(F)(F)F)nc1)CC2. The standard InChI is InChI=1S/C30H39NO3S.C20H18F3NO4S.C19H19NOS.C11H22O2S.FHS/c1-3-5-8-22(4-2)21-34-28(32)15-18-35-27-12-11-25(20-31-27)23-13-16-30(17-14-23)19-24-9-6-7-10-26(24)29(30)33;21-20(22,23)29(26,27)28-17-6-5-15(12-24-17)13-7-9-19(10-8-13)11-14-3-1-2-4-16(14)18(19)25;21-18-16-4-2-1-3-14(16)11-19(18)9-7-13(8-10-19)15-5-6-17(22)20-12-15;1-3-5-6-10(4-2)9-13-11(12)7-8-14;1-2/h6-7,9-12,20,22-23H,3-5,8,13-19,21H2,1-2H3;1-6,12-13H,7-11H2;1-6,12-13H,7-11H2,(H,20,22);10,14H,3-9H2,1-2H3;2H. The minimum absolute atomic E-state index is 0.108. The number of fused-ring (bicyclic) bond motifs is 3. The van der Waals surface area contributed by atoms with Crippen LogP contribution in [0.1, 0.15) is 251 Å². The number of ketones is 3. The molecule has 3 aromatic carbocycles. The summed E-state index contributed by atoms with van der Waals surface area (Å²) in [5.74, 6) is 3.51. The van der Waals surface area contributed by atoms with Gasteiger partial charge in [0.2, 0.25) is 5.88 Å². The number of nitrogens with one attached hydrogen (secondary N) is 1. The Morgan fingerprint density at radius 3 is 1.34 bits per heavy atom. The number of esters is 2. The molecular formula is C80H99F4N3O10S5. The Morgan fingerprint density at radius 1 is 0.588 bits per heavy atom. The number of aromatic amines is 1. The van der Waals surface area contributed by atoms with Gasteiger partial charge in [-0.05, 0) is 184 Å². The second-order valence-corrected chi connectivity index (χ2v) is 31.8. The molecule has 102 heavy (non-hydrogen) atoms. The first-order valence-electron chi connectivity index (χ1n) is 36.3. The van der Waals surface area contributed by atoms with E-state index >= 15 is 0 Å². The zero-order valence-electron chi connectivity index (χ0n) is 59.1. The van der Waals surface area contributed by atoms with Crippen molar-refractivity contribution in [3.05, 3.63) is 182 Å². The molecule has 3 saturated carbocycles. The van der Waals surface area contributed by atoms with Crippen LogP contribution in [0.25, 0.3) is 0 Å². The number of rotatable bonds is 23. The van der Waals surface area contributed by atoms with Crippen LogP contribution in [-0.2, 0) is 48.4 Å². The van der Waals surface area contributed by atoms with Gasteiger partial charge in [0.1, 0.15) is 4.64 Å². The predicted molar refractivity (Wildman–Crippen MR) is 402 cm³/mol. The first kappa shape index (κ1) is 81.5. The second kappa shape index (κ2) is 38.7. The van der Waals surface area contributed by atoms with Crippen molar-refractivity contribution in [1.82, 2.24) is 15.0 Å². The summed E-state index contributed by atoms with van der Waals surface area (Å²) in [5.41, 5.74) is 3.49. The fourth-order valence-electron chi connectivity index (χ4n) is 15.5. The van der Waals surface area contributed by atoms with Crippen molar-refractivity contribution in [3.63, 3.8) is 0 Å². The van der Waals surface area contributed by atoms with Gasteiger partial charge in [0.25, 0.3) is 0 Å². The van der Waals surface area contributed by atoms with Crippen LogP contribution in [0.15, 0.2) is 133 Å². The van der Waals surface area contributed by atoms with E-state index in [9.17, 15) is 49.4 Å². The monoisotopic (exact) mass is 1500 g/mol. The first-order chi connectivity index (χ1) is 49.1. The fraction of sp³-hybridized carbons (Fsp3) is 0.525. The van der Waals surface area contributed by atoms with Crippen LogP contribution in [0.3, 0.4) is 0 Å². The molecule has 552 valence electrons. The summed E-state index contributed by atoms with van der Waals surface area (Å²) in [4.78, 5) is 73.5. The number of hydrogen-bond donors (Lipinski definition) is 3. The van der Waals surface area contributed by atoms with Crippen molar-refractivity contribution in [1.29, 1.82) is 0 Å². The molecular weight excluding hydrogens is 1400 g/mol. The van der Waals surface area contributed by atoms with Crippen molar-refractivity contribution in [2.45, 2.75) is 217 Å². The molecule has 22 heteroatoms. The van der Waals surface area contributed by atoms with E-state index in [1.807, 2.05) is 92.1 Å². The summed E-state index contributed by atoms with van der Waals surface area (Å²) in [6, 6.07) is 34.9. The molecule has 0 aliphatic heterocycles. The Morgan fingerprint density at radius 2 is 0.990 bits per heavy atom. The third kappa shape index (κ3) is 21.3. The zero-order valence-corrected chi connectivity index (χ0v) is 63.4. The van der Waals surface area contributed by atoms with Crippen molar-refractivity contribution >= 4 is 89.0 Å². The molecule has 0 bridgehead atoms. The van der Waals surface area contributed by atoms with Gasteiger partial charge in [-0.3, -0.25) is 24.0 Å². The van der Waals surface area contributed by atoms with Gasteiger partial charge in [0.15, 0.2) is 17.3 Å². The Hall–Kier alpha value is -6.20. The summed E-state index contributed by atoms with van der Waals surface area (Å²) in [5, 5.41) is 0.949. The number of unbranched alkanes of at least 4 members (excludes halogenated alkanes) is 2. The third-order valence-corrected chi connectivity index (χ3v) is 24.2. The van der Waals surface area contributed by atoms with Gasteiger partial charge in [-0.2, -0.15) is 38.1 Å². The summed E-state index contributed by atoms with van der Waals surface area (Å²) >= 11 is 12.7. The molecule has 13 nitrogen and oxygen atoms in total. The number of ether oxygens (including phenoxy) is 2. The molecule has 2 atom stereocenters. The fourth-order valence-corrected chi connectivity index (χ4v) is 17.0. The summed E-state index contributed by atoms with van der Waals surface area (Å²) in [6.45, 7) is 9.82. The number of benzene rings is 3. The Labute approximate surface area is 620 Å². The summed E-state index contributed by atoms with van der Waals surface area (Å²) < 4.78 is 83.9. The maximum atomic E-state index is 13.1. The minimum atomic E-state index is -5.74. The van der Waals surface area contributed by atoms with Gasteiger partial charge in [-0.25, -0.2) is 9.97 Å². The number of Topliss-reactive ketones (excluding diaryl/α,β-unsaturated/α-hetero) is 3. The molecule has 0 radical (unpaired) electrons. The lowest BCUT2D eigenvalue weighted by atomic mass is 9.67. The number of carbonyl (C=O) groups is 5. The van der Waals surface area contributed by atoms with E-state index in [2.05, 4.69) is 89.8 Å². The van der Waals surface area contributed by atoms with Gasteiger partial charge >= 0.3 is 27.6 Å². The van der Waals surface area contributed by atoms with Crippen LogP contribution >= 0.6 is 49.6 Å². The van der Waals surface area contributed by atoms with E-state index in [4.69, 9.17) is 21.7 Å². The molecule has 12 rings (SSSR count). The Balaban J connectivity index is 0.000000179. The van der Waals surface area contributed by atoms with E-state index in [1.165, 1.54) is 66.6 Å². The highest BCUT2D eigenvalue weighted by molar-refractivity contribution is 7.99. The average molecular weight is 1500 g/mol. The molecule has 3 heterocycles. The van der Waals surface area contributed by atoms with Gasteiger partial charge in [-0.15, -0.1) is 11.8 Å². The van der Waals surface area contributed by atoms with E-state index in [0.29, 0.717) is 72.8 Å². The topological polar surface area (TPSA) is 189 Å². The number of nitrogens with zero attached hydrogens (tertiary/aromatic N) is 2. The minimum Gasteiger partial charge on any atom is -0.465 e. The number of hydrogen-bond acceptors (Lipinski definition) is 16. The number of aromatic nitrogens is 3. The van der Waals surface area contributed by atoms with Crippen LogP contribution in [0, 0.1) is 32.7 Å². The number of H-pyrrole nitrogens is 1. The van der Waals surface area contributed by atoms with Gasteiger partial charge in [0, 0.05) is 82.1 Å². The van der Waals surface area contributed by atoms with E-state index in [1.54, 1.807) is 11.8 Å². The number of alkyl halides is 3. The zero-order chi connectivity index (χ0) is 73.5. The maximum absolute atomic E-state index is 13.1. The van der Waals surface area contributed by atoms with E-state index in [0.717, 1.165) is 159 Å². The second-order valence-electron chi connectivity index (χ2n) is 28.3. The van der Waals surface area contributed by atoms with Gasteiger partial charge in [0.05, 0.1) is 31.1 Å². The third-order valence-electron chi connectivity index (χ3n) is 21.8. The number of halogens is 4. The van der Waals surface area contributed by atoms with Crippen molar-refractivity contribution in [2.24, 2.45) is 28.1 Å². The lowest BCUT2D eigenvalue weighted by molar-refractivity contribution is -0.145. The van der Waals surface area contributed by atoms with Crippen molar-refractivity contribution in [3.8, 4) is 5.88 Å². The van der Waals surface area contributed by atoms with E-state index < -0.39 is 21.5 Å². The molecule has 6 aliphatic carbocycles. The smallest absolute Gasteiger partial charge is 0.465 e. The van der Waals surface area contributed by atoms with Crippen LogP contribution < -0.4 is 4.18 Å². The average Bonchev–Trinajstić information content (AvgIpc) is 1.61. The maximum Gasteiger partial charge on any atom is 0.534 e. The van der Waals surface area contributed by atoms with Crippen LogP contribution in [0.5, 0.6) is 5.88 Å². The quantitative estimate of drug-likeness (QED) is 0.0104. The largest absolute Gasteiger partial charge is 0.534 e. The number of pyridine rings is 3. The molecule has 0 amide bonds. The Bertz CT molecular complexity index is 3880. The highest BCUT2D eigenvalue weighted by atomic mass is 32.2. The first-order valence-corrected chi connectivity index (χ1v) is 40.1. The normalized spacial score (nSPS) is 22.2. The van der Waals surface area contributed by atoms with Gasteiger partial charge in [-0.1, -0.05) is 169 Å². The van der Waals surface area contributed by atoms with Crippen molar-refractivity contribution < 1.29 is 63.1 Å². The molecule has 0 saturated heterocycles. The highest BCUT2D eigenvalue weighted by Crippen LogP contribution is 2.53. The van der Waals surface area contributed by atoms with Crippen LogP contribution in [-0.4, -0.2) is 82.9 Å². The number of thioether (sulfide) groups is 1.